The van der Waals surface area contributed by atoms with Gasteiger partial charge in [0.25, 0.3) is 0 Å². The number of nitrogens with one attached hydrogen (secondary N) is 2. The predicted octanol–water partition coefficient (Wildman–Crippen LogP) is 2.27. The highest BCUT2D eigenvalue weighted by Gasteiger charge is 2.36. The summed E-state index contributed by atoms with van der Waals surface area (Å²) in [7, 11) is 0. The molecule has 0 spiro atoms. The van der Waals surface area contributed by atoms with E-state index in [0.29, 0.717) is 18.2 Å². The van der Waals surface area contributed by atoms with Gasteiger partial charge in [0, 0.05) is 78.0 Å². The number of amidine groups is 1. The second-order valence-electron chi connectivity index (χ2n) is 6.70. The summed E-state index contributed by atoms with van der Waals surface area (Å²) in [5.41, 5.74) is 8.06. The van der Waals surface area contributed by atoms with Crippen LogP contribution in [0.25, 0.3) is 0 Å². The molecule has 1 saturated carbocycles. The number of thiazole rings is 1. The van der Waals surface area contributed by atoms with E-state index in [1.165, 1.54) is 42.5 Å². The Hall–Kier alpha value is -1.82. The van der Waals surface area contributed by atoms with Gasteiger partial charge in [-0.3, -0.25) is 4.99 Å². The summed E-state index contributed by atoms with van der Waals surface area (Å²) in [6.07, 6.45) is 7.40. The molecule has 2 fully saturated rings. The van der Waals surface area contributed by atoms with E-state index in [4.69, 9.17) is 5.73 Å². The normalized spacial score (nSPS) is 23.1. The minimum atomic E-state index is -2.77. The summed E-state index contributed by atoms with van der Waals surface area (Å²) in [6, 6.07) is 0.789. The molecular weight excluding hydrogens is 404 g/mol. The van der Waals surface area contributed by atoms with Crippen LogP contribution < -0.4 is 15.2 Å². The maximum Gasteiger partial charge on any atom is 0.331 e. The highest BCUT2D eigenvalue weighted by molar-refractivity contribution is 7.95. The van der Waals surface area contributed by atoms with Crippen LogP contribution in [0.4, 0.5) is 8.78 Å². The fourth-order valence-corrected chi connectivity index (χ4v) is 4.63. The van der Waals surface area contributed by atoms with E-state index in [1.54, 1.807) is 6.20 Å². The Morgan fingerprint density at radius 2 is 2.21 bits per heavy atom. The molecule has 0 aromatic carbocycles. The van der Waals surface area contributed by atoms with Crippen molar-refractivity contribution in [1.29, 1.82) is 0 Å². The fourth-order valence-electron chi connectivity index (χ4n) is 3.18. The molecule has 1 atom stereocenters. The summed E-state index contributed by atoms with van der Waals surface area (Å²) < 4.78 is 31.9. The van der Waals surface area contributed by atoms with Crippen LogP contribution in [-0.2, 0) is 0 Å². The van der Waals surface area contributed by atoms with E-state index in [-0.39, 0.29) is 6.04 Å². The molecule has 4 rings (SSSR count). The summed E-state index contributed by atoms with van der Waals surface area (Å²) in [5.74, 6) is 0.820. The monoisotopic (exact) mass is 425 g/mol. The molecule has 3 heterocycles. The predicted molar refractivity (Wildman–Crippen MR) is 109 cm³/mol. The molecule has 7 nitrogen and oxygen atoms in total. The van der Waals surface area contributed by atoms with Gasteiger partial charge in [-0.1, -0.05) is 0 Å². The highest BCUT2D eigenvalue weighted by atomic mass is 32.2. The fraction of sp³-hybridized carbons (Fsp3) is 0.471. The molecule has 0 bridgehead atoms. The van der Waals surface area contributed by atoms with Gasteiger partial charge in [-0.2, -0.15) is 8.78 Å². The molecule has 1 aromatic rings. The van der Waals surface area contributed by atoms with Gasteiger partial charge in [0.1, 0.15) is 0 Å². The van der Waals surface area contributed by atoms with Crippen molar-refractivity contribution in [3.8, 4) is 0 Å². The number of nitrogens with two attached hydrogens (primary N) is 1. The first-order valence-electron chi connectivity index (χ1n) is 9.00. The zero-order chi connectivity index (χ0) is 19.5. The number of halogens is 2. The highest BCUT2D eigenvalue weighted by Crippen LogP contribution is 2.34. The van der Waals surface area contributed by atoms with Crippen LogP contribution in [0.5, 0.6) is 0 Å². The molecular formula is C17H21F2N7S2. The molecule has 0 radical (unpaired) electrons. The van der Waals surface area contributed by atoms with Crippen molar-refractivity contribution in [3.63, 3.8) is 0 Å². The Balaban J connectivity index is 1.57. The van der Waals surface area contributed by atoms with Crippen molar-refractivity contribution in [2.45, 2.75) is 37.9 Å². The number of aromatic nitrogens is 1. The third-order valence-corrected chi connectivity index (χ3v) is 6.34. The molecule has 0 amide bonds. The number of fused-ring (bicyclic) bond motifs is 1. The average molecular weight is 426 g/mol. The Bertz CT molecular complexity index is 815. The number of hydrogen-bond donors (Lipinski definition) is 3. The molecule has 150 valence electrons. The molecule has 1 aromatic heterocycles. The van der Waals surface area contributed by atoms with Gasteiger partial charge in [0.05, 0.1) is 6.54 Å². The largest absolute Gasteiger partial charge is 0.404 e. The number of aliphatic imine (C=N–C) groups is 2. The van der Waals surface area contributed by atoms with Crippen LogP contribution in [0.2, 0.25) is 0 Å². The average Bonchev–Trinajstić information content (AvgIpc) is 3.17. The Morgan fingerprint density at radius 3 is 2.89 bits per heavy atom. The lowest BCUT2D eigenvalue weighted by Crippen LogP contribution is -2.36. The quantitative estimate of drug-likeness (QED) is 0.336. The van der Waals surface area contributed by atoms with Crippen molar-refractivity contribution in [3.05, 3.63) is 39.6 Å². The standard InChI is InChI=1S/C17H21F2N7S2/c18-17(19)23-7-10(6-20)13-8-22-15(16-21-3-4-27-16)26-9-12(5-14(13)26)25-28-24-11-1-2-11/h3-4,6-7,11-12,17,24-25H,1-2,5,8-9,20H2. The van der Waals surface area contributed by atoms with Crippen LogP contribution in [0.15, 0.2) is 44.6 Å². The Kier molecular flexibility index (Phi) is 6.04. The van der Waals surface area contributed by atoms with Gasteiger partial charge in [-0.15, -0.1) is 11.3 Å². The first-order chi connectivity index (χ1) is 13.7. The molecule has 28 heavy (non-hydrogen) atoms. The first kappa shape index (κ1) is 19.5. The van der Waals surface area contributed by atoms with E-state index in [1.807, 2.05) is 5.38 Å². The van der Waals surface area contributed by atoms with E-state index >= 15 is 0 Å². The molecule has 1 saturated heterocycles. The minimum absolute atomic E-state index is 0.190. The van der Waals surface area contributed by atoms with Gasteiger partial charge in [-0.05, 0) is 12.8 Å². The first-order valence-corrected chi connectivity index (χ1v) is 10.7. The van der Waals surface area contributed by atoms with Gasteiger partial charge in [-0.25, -0.2) is 19.4 Å². The van der Waals surface area contributed by atoms with Crippen LogP contribution in [-0.4, -0.2) is 53.7 Å². The van der Waals surface area contributed by atoms with Gasteiger partial charge < -0.3 is 10.6 Å². The molecule has 3 aliphatic rings. The smallest absolute Gasteiger partial charge is 0.331 e. The number of hydrogen-bond acceptors (Lipinski definition) is 9. The van der Waals surface area contributed by atoms with Crippen LogP contribution >= 0.6 is 23.5 Å². The lowest BCUT2D eigenvalue weighted by molar-refractivity contribution is 0.160. The second kappa shape index (κ2) is 8.68. The van der Waals surface area contributed by atoms with E-state index in [9.17, 15) is 8.78 Å². The van der Waals surface area contributed by atoms with Crippen molar-refractivity contribution < 1.29 is 8.78 Å². The third kappa shape index (κ3) is 4.43. The number of rotatable bonds is 8. The maximum atomic E-state index is 12.5. The summed E-state index contributed by atoms with van der Waals surface area (Å²) in [6.45, 7) is -1.68. The second-order valence-corrected chi connectivity index (χ2v) is 8.27. The van der Waals surface area contributed by atoms with Crippen molar-refractivity contribution >= 4 is 35.5 Å². The minimum Gasteiger partial charge on any atom is -0.404 e. The zero-order valence-corrected chi connectivity index (χ0v) is 16.6. The SMILES string of the molecule is NC=C(C=NC(F)F)C1=C2CC(NSNC3CC3)CN2C(c2nccs2)=NC1. The third-order valence-electron chi connectivity index (χ3n) is 4.67. The summed E-state index contributed by atoms with van der Waals surface area (Å²) >= 11 is 3.06. The van der Waals surface area contributed by atoms with E-state index < -0.39 is 6.55 Å². The van der Waals surface area contributed by atoms with Gasteiger partial charge >= 0.3 is 6.55 Å². The maximum absolute atomic E-state index is 12.5. The van der Waals surface area contributed by atoms with Gasteiger partial charge in [0.15, 0.2) is 10.8 Å². The van der Waals surface area contributed by atoms with Gasteiger partial charge in [0.2, 0.25) is 0 Å². The molecule has 11 heteroatoms. The molecule has 1 unspecified atom stereocenters. The van der Waals surface area contributed by atoms with Crippen LogP contribution in [0.3, 0.4) is 0 Å². The van der Waals surface area contributed by atoms with Crippen molar-refractivity contribution in [1.82, 2.24) is 19.3 Å². The van der Waals surface area contributed by atoms with Crippen LogP contribution in [0.1, 0.15) is 24.3 Å². The van der Waals surface area contributed by atoms with Crippen molar-refractivity contribution in [2.24, 2.45) is 15.7 Å². The molecule has 1 aliphatic carbocycles. The van der Waals surface area contributed by atoms with E-state index in [2.05, 4.69) is 29.3 Å². The lowest BCUT2D eigenvalue weighted by Gasteiger charge is -2.28. The Labute approximate surface area is 170 Å². The Morgan fingerprint density at radius 1 is 1.39 bits per heavy atom. The molecule has 4 N–H and O–H groups in total. The molecule has 2 aliphatic heterocycles. The van der Waals surface area contributed by atoms with E-state index in [0.717, 1.165) is 41.3 Å². The summed E-state index contributed by atoms with van der Waals surface area (Å²) in [4.78, 5) is 14.4. The zero-order valence-electron chi connectivity index (χ0n) is 15.0. The number of alkyl halides is 2. The van der Waals surface area contributed by atoms with Crippen molar-refractivity contribution in [2.75, 3.05) is 13.1 Å². The summed E-state index contributed by atoms with van der Waals surface area (Å²) in [5, 5.41) is 2.76. The van der Waals surface area contributed by atoms with Crippen LogP contribution in [0, 0.1) is 0 Å². The number of nitrogens with zero attached hydrogens (tertiary/aromatic N) is 4. The lowest BCUT2D eigenvalue weighted by atomic mass is 10.0. The topological polar surface area (TPSA) is 90.9 Å².